The normalized spacial score (nSPS) is 30.0. The quantitative estimate of drug-likeness (QED) is 0.785. The molecule has 21 heavy (non-hydrogen) atoms. The third kappa shape index (κ3) is 2.82. The number of nitrogens with two attached hydrogens (primary N) is 1. The number of likely N-dealkylation sites (tertiary alicyclic amines) is 2. The van der Waals surface area contributed by atoms with Gasteiger partial charge in [-0.15, -0.1) is 0 Å². The molecule has 0 aromatic heterocycles. The molecule has 2 fully saturated rings. The number of piperidine rings is 2. The van der Waals surface area contributed by atoms with Crippen molar-refractivity contribution in [2.75, 3.05) is 13.1 Å². The van der Waals surface area contributed by atoms with Crippen molar-refractivity contribution in [2.45, 2.75) is 57.0 Å². The fraction of sp³-hybridized carbons (Fsp3) is 0.786. The highest BCUT2D eigenvalue weighted by Crippen LogP contribution is 2.31. The van der Waals surface area contributed by atoms with E-state index in [0.717, 1.165) is 25.7 Å². The van der Waals surface area contributed by atoms with Crippen LogP contribution in [0.5, 0.6) is 0 Å². The van der Waals surface area contributed by atoms with Crippen LogP contribution in [-0.4, -0.2) is 57.5 Å². The summed E-state index contributed by atoms with van der Waals surface area (Å²) in [6, 6.07) is -0.991. The van der Waals surface area contributed by atoms with Crippen LogP contribution < -0.4 is 5.73 Å². The molecule has 2 heterocycles. The summed E-state index contributed by atoms with van der Waals surface area (Å²) in [6.45, 7) is 2.44. The van der Waals surface area contributed by atoms with Crippen LogP contribution in [0.3, 0.4) is 0 Å². The topological polar surface area (TPSA) is 104 Å². The van der Waals surface area contributed by atoms with Gasteiger partial charge in [0.1, 0.15) is 11.6 Å². The van der Waals surface area contributed by atoms with Gasteiger partial charge in [0.25, 0.3) is 0 Å². The van der Waals surface area contributed by atoms with E-state index in [9.17, 15) is 19.5 Å². The molecule has 2 unspecified atom stereocenters. The molecule has 3 amide bonds. The van der Waals surface area contributed by atoms with Crippen molar-refractivity contribution >= 4 is 17.9 Å². The maximum Gasteiger partial charge on any atom is 0.329 e. The maximum atomic E-state index is 12.8. The summed E-state index contributed by atoms with van der Waals surface area (Å²) >= 11 is 0. The summed E-state index contributed by atoms with van der Waals surface area (Å²) < 4.78 is 0. The number of carboxylic acids is 1. The number of hydrogen-bond acceptors (Lipinski definition) is 3. The highest BCUT2D eigenvalue weighted by atomic mass is 16.4. The van der Waals surface area contributed by atoms with E-state index in [0.29, 0.717) is 25.9 Å². The summed E-state index contributed by atoms with van der Waals surface area (Å²) in [5.74, 6) is -1.51. The van der Waals surface area contributed by atoms with Gasteiger partial charge in [0.05, 0.1) is 0 Å². The number of carbonyl (C=O) groups excluding carboxylic acids is 2. The molecule has 0 bridgehead atoms. The Hall–Kier alpha value is -1.79. The monoisotopic (exact) mass is 297 g/mol. The molecule has 0 saturated carbocycles. The molecular weight excluding hydrogens is 274 g/mol. The molecule has 3 N–H and O–H groups in total. The molecule has 0 aromatic carbocycles. The molecule has 2 rings (SSSR count). The Morgan fingerprint density at radius 1 is 1.14 bits per heavy atom. The second-order valence-corrected chi connectivity index (χ2v) is 6.08. The molecule has 2 aliphatic rings. The summed E-state index contributed by atoms with van der Waals surface area (Å²) in [7, 11) is 0. The second-order valence-electron chi connectivity index (χ2n) is 6.08. The van der Waals surface area contributed by atoms with Crippen molar-refractivity contribution in [3.8, 4) is 0 Å². The standard InChI is InChI=1S/C14H23N3O4/c1-14(12(19)20)7-3-5-9-17(14)13(21)16-8-4-2-6-10(16)11(15)18/h10H,2-9H2,1H3,(H2,15,18)(H,19,20). The first-order valence-electron chi connectivity index (χ1n) is 7.49. The highest BCUT2D eigenvalue weighted by molar-refractivity contribution is 5.90. The Morgan fingerprint density at radius 3 is 2.43 bits per heavy atom. The van der Waals surface area contributed by atoms with Crippen LogP contribution in [0.25, 0.3) is 0 Å². The third-order valence-corrected chi connectivity index (χ3v) is 4.66. The second kappa shape index (κ2) is 5.91. The van der Waals surface area contributed by atoms with Crippen molar-refractivity contribution in [3.05, 3.63) is 0 Å². The Labute approximate surface area is 124 Å². The van der Waals surface area contributed by atoms with Gasteiger partial charge >= 0.3 is 12.0 Å². The third-order valence-electron chi connectivity index (χ3n) is 4.66. The van der Waals surface area contributed by atoms with E-state index in [2.05, 4.69) is 0 Å². The van der Waals surface area contributed by atoms with Crippen LogP contribution in [0.1, 0.15) is 45.4 Å². The lowest BCUT2D eigenvalue weighted by Gasteiger charge is -2.45. The van der Waals surface area contributed by atoms with Gasteiger partial charge in [-0.05, 0) is 45.4 Å². The van der Waals surface area contributed by atoms with Gasteiger partial charge in [-0.25, -0.2) is 9.59 Å². The van der Waals surface area contributed by atoms with Gasteiger partial charge in [-0.3, -0.25) is 4.79 Å². The van der Waals surface area contributed by atoms with Crippen LogP contribution in [-0.2, 0) is 9.59 Å². The zero-order chi connectivity index (χ0) is 15.6. The van der Waals surface area contributed by atoms with Crippen LogP contribution in [0.15, 0.2) is 0 Å². The molecule has 2 saturated heterocycles. The Bertz CT molecular complexity index is 454. The molecule has 0 radical (unpaired) electrons. The lowest BCUT2D eigenvalue weighted by molar-refractivity contribution is -0.151. The van der Waals surface area contributed by atoms with Gasteiger partial charge in [0, 0.05) is 13.1 Å². The van der Waals surface area contributed by atoms with Gasteiger partial charge in [0.2, 0.25) is 5.91 Å². The van der Waals surface area contributed by atoms with Crippen molar-refractivity contribution < 1.29 is 19.5 Å². The zero-order valence-electron chi connectivity index (χ0n) is 12.4. The van der Waals surface area contributed by atoms with Crippen LogP contribution in [0.4, 0.5) is 4.79 Å². The molecule has 7 nitrogen and oxygen atoms in total. The SMILES string of the molecule is CC1(C(=O)O)CCCCN1C(=O)N1CCCCC1C(N)=O. The Balaban J connectivity index is 2.23. The minimum atomic E-state index is -1.20. The van der Waals surface area contributed by atoms with Crippen molar-refractivity contribution in [2.24, 2.45) is 5.73 Å². The van der Waals surface area contributed by atoms with Gasteiger partial charge in [-0.1, -0.05) is 0 Å². The Morgan fingerprint density at radius 2 is 1.81 bits per heavy atom. The number of primary amides is 1. The predicted octanol–water partition coefficient (Wildman–Crippen LogP) is 0.775. The highest BCUT2D eigenvalue weighted by Gasteiger charge is 2.46. The van der Waals surface area contributed by atoms with E-state index in [1.165, 1.54) is 9.80 Å². The van der Waals surface area contributed by atoms with Crippen molar-refractivity contribution in [1.29, 1.82) is 0 Å². The molecule has 0 spiro atoms. The molecule has 0 aliphatic carbocycles. The van der Waals surface area contributed by atoms with E-state index in [1.54, 1.807) is 6.92 Å². The zero-order valence-corrected chi connectivity index (χ0v) is 12.4. The van der Waals surface area contributed by atoms with Gasteiger partial charge < -0.3 is 20.6 Å². The maximum absolute atomic E-state index is 12.8. The van der Waals surface area contributed by atoms with Crippen LogP contribution in [0.2, 0.25) is 0 Å². The number of urea groups is 1. The average Bonchev–Trinajstić information content (AvgIpc) is 2.47. The first-order chi connectivity index (χ1) is 9.88. The molecule has 2 atom stereocenters. The first-order valence-corrected chi connectivity index (χ1v) is 7.49. The minimum absolute atomic E-state index is 0.372. The number of nitrogens with zero attached hydrogens (tertiary/aromatic N) is 2. The molecule has 2 aliphatic heterocycles. The van der Waals surface area contributed by atoms with E-state index in [4.69, 9.17) is 5.73 Å². The summed E-state index contributed by atoms with van der Waals surface area (Å²) in [5.41, 5.74) is 4.19. The number of rotatable bonds is 2. The lowest BCUT2D eigenvalue weighted by Crippen LogP contribution is -2.63. The lowest BCUT2D eigenvalue weighted by atomic mass is 9.88. The van der Waals surface area contributed by atoms with Crippen molar-refractivity contribution in [1.82, 2.24) is 9.80 Å². The number of hydrogen-bond donors (Lipinski definition) is 2. The van der Waals surface area contributed by atoms with Crippen LogP contribution >= 0.6 is 0 Å². The number of aliphatic carboxylic acids is 1. The summed E-state index contributed by atoms with van der Waals surface area (Å²) in [6.07, 6.45) is 4.22. The fourth-order valence-corrected chi connectivity index (χ4v) is 3.26. The van der Waals surface area contributed by atoms with Crippen LogP contribution in [0, 0.1) is 0 Å². The van der Waals surface area contributed by atoms with Gasteiger partial charge in [-0.2, -0.15) is 0 Å². The van der Waals surface area contributed by atoms with Crippen molar-refractivity contribution in [3.63, 3.8) is 0 Å². The number of carboxylic acid groups (broad SMARTS) is 1. The largest absolute Gasteiger partial charge is 0.480 e. The first kappa shape index (κ1) is 15.6. The van der Waals surface area contributed by atoms with E-state index in [-0.39, 0.29) is 6.03 Å². The van der Waals surface area contributed by atoms with E-state index < -0.39 is 23.5 Å². The predicted molar refractivity (Wildman–Crippen MR) is 75.5 cm³/mol. The molecule has 0 aromatic rings. The number of amides is 3. The Kier molecular flexibility index (Phi) is 4.39. The number of carbonyl (C=O) groups is 3. The molecular formula is C14H23N3O4. The molecule has 7 heteroatoms. The average molecular weight is 297 g/mol. The van der Waals surface area contributed by atoms with Gasteiger partial charge in [0.15, 0.2) is 0 Å². The van der Waals surface area contributed by atoms with E-state index in [1.807, 2.05) is 0 Å². The fourth-order valence-electron chi connectivity index (χ4n) is 3.26. The van der Waals surface area contributed by atoms with E-state index >= 15 is 0 Å². The summed E-state index contributed by atoms with van der Waals surface area (Å²) in [4.78, 5) is 38.8. The minimum Gasteiger partial charge on any atom is -0.480 e. The smallest absolute Gasteiger partial charge is 0.329 e. The summed E-state index contributed by atoms with van der Waals surface area (Å²) in [5, 5.41) is 9.49. The molecule has 118 valence electrons.